The third-order valence-electron chi connectivity index (χ3n) is 4.54. The van der Waals surface area contributed by atoms with Gasteiger partial charge in [0.15, 0.2) is 0 Å². The van der Waals surface area contributed by atoms with Crippen LogP contribution in [0.5, 0.6) is 0 Å². The van der Waals surface area contributed by atoms with Crippen LogP contribution in [0.25, 0.3) is 10.9 Å². The normalized spacial score (nSPS) is 20.4. The van der Waals surface area contributed by atoms with E-state index in [1.165, 1.54) is 4.88 Å². The molecule has 5 nitrogen and oxygen atoms in total. The first-order valence-corrected chi connectivity index (χ1v) is 10.2. The van der Waals surface area contributed by atoms with Crippen LogP contribution in [0, 0.1) is 6.92 Å². The monoisotopic (exact) mass is 371 g/mol. The maximum Gasteiger partial charge on any atom is 0.280 e. The van der Waals surface area contributed by atoms with Crippen molar-refractivity contribution < 1.29 is 9.59 Å². The number of imide groups is 1. The topological polar surface area (TPSA) is 64.0 Å². The lowest BCUT2D eigenvalue weighted by molar-refractivity contribution is -0.119. The molecule has 128 valence electrons. The Morgan fingerprint density at radius 1 is 1.36 bits per heavy atom. The van der Waals surface area contributed by atoms with E-state index in [1.807, 2.05) is 42.9 Å². The summed E-state index contributed by atoms with van der Waals surface area (Å²) in [4.78, 5) is 29.6. The predicted molar refractivity (Wildman–Crippen MR) is 103 cm³/mol. The van der Waals surface area contributed by atoms with E-state index < -0.39 is 15.7 Å². The number of rotatable bonds is 4. The molecule has 0 spiro atoms. The molecule has 0 saturated carbocycles. The van der Waals surface area contributed by atoms with Gasteiger partial charge in [0.2, 0.25) is 5.91 Å². The molecule has 1 aliphatic heterocycles. The highest BCUT2D eigenvalue weighted by Gasteiger charge is 2.36. The summed E-state index contributed by atoms with van der Waals surface area (Å²) in [5.41, 5.74) is 4.92. The van der Waals surface area contributed by atoms with Crippen molar-refractivity contribution in [2.45, 2.75) is 25.1 Å². The molecule has 1 aliphatic rings. The van der Waals surface area contributed by atoms with Gasteiger partial charge in [0, 0.05) is 34.9 Å². The molecule has 0 bridgehead atoms. The largest absolute Gasteiger partial charge is 0.347 e. The number of benzene rings is 1. The average molecular weight is 371 g/mol. The Bertz CT molecular complexity index is 1020. The van der Waals surface area contributed by atoms with Crippen LogP contribution in [0.4, 0.5) is 4.79 Å². The fourth-order valence-corrected chi connectivity index (χ4v) is 5.27. The molecule has 1 N–H and O–H groups in total. The fourth-order valence-electron chi connectivity index (χ4n) is 3.22. The highest BCUT2D eigenvalue weighted by Crippen LogP contribution is 2.42. The second kappa shape index (κ2) is 6.24. The molecular formula is C18H17N3O2S2. The zero-order chi connectivity index (χ0) is 17.6. The number of thiazole rings is 1. The molecule has 2 amide bonds. The van der Waals surface area contributed by atoms with Gasteiger partial charge in [0.05, 0.1) is 11.2 Å². The first kappa shape index (κ1) is 16.2. The summed E-state index contributed by atoms with van der Waals surface area (Å²) in [5, 5.41) is 2.65. The Labute approximate surface area is 151 Å². The summed E-state index contributed by atoms with van der Waals surface area (Å²) in [5.74, 6) is 3.66. The lowest BCUT2D eigenvalue weighted by Gasteiger charge is -2.11. The molecule has 3 heterocycles. The number of hydrogen-bond donors (Lipinski definition) is 1. The number of fused-ring (bicyclic) bond motifs is 1. The number of nitrogens with zero attached hydrogens (tertiary/aromatic N) is 2. The zero-order valence-electron chi connectivity index (χ0n) is 13.7. The maximum absolute atomic E-state index is 12.2. The van der Waals surface area contributed by atoms with Crippen LogP contribution in [-0.4, -0.2) is 26.6 Å². The molecule has 1 fully saturated rings. The Hall–Kier alpha value is -2.25. The van der Waals surface area contributed by atoms with Gasteiger partial charge in [-0.2, -0.15) is 0 Å². The van der Waals surface area contributed by atoms with E-state index in [9.17, 15) is 9.59 Å². The van der Waals surface area contributed by atoms with Crippen LogP contribution in [0.3, 0.4) is 0 Å². The minimum Gasteiger partial charge on any atom is -0.347 e. The Morgan fingerprint density at radius 3 is 2.88 bits per heavy atom. The number of aryl methyl sites for hydroxylation is 3. The molecule has 2 atom stereocenters. The number of aromatic nitrogens is 2. The van der Waals surface area contributed by atoms with Crippen molar-refractivity contribution >= 4 is 49.7 Å². The third-order valence-corrected chi connectivity index (χ3v) is 7.15. The highest BCUT2D eigenvalue weighted by molar-refractivity contribution is 8.28. The van der Waals surface area contributed by atoms with E-state index in [-0.39, 0.29) is 11.1 Å². The van der Waals surface area contributed by atoms with Gasteiger partial charge < -0.3 is 4.57 Å². The summed E-state index contributed by atoms with van der Waals surface area (Å²) in [7, 11) is -0.880. The lowest BCUT2D eigenvalue weighted by atomic mass is 10.1. The van der Waals surface area contributed by atoms with E-state index in [1.54, 1.807) is 11.3 Å². The van der Waals surface area contributed by atoms with E-state index in [0.29, 0.717) is 0 Å². The van der Waals surface area contributed by atoms with E-state index in [4.69, 9.17) is 0 Å². The minimum absolute atomic E-state index is 0.246. The fraction of sp³-hybridized carbons (Fsp3) is 0.222. The van der Waals surface area contributed by atoms with Gasteiger partial charge in [0.25, 0.3) is 5.24 Å². The number of nitrogens with one attached hydrogen (secondary N) is 1. The Balaban J connectivity index is 1.69. The second-order valence-electron chi connectivity index (χ2n) is 5.99. The Morgan fingerprint density at radius 2 is 2.20 bits per heavy atom. The molecule has 0 aliphatic carbocycles. The van der Waals surface area contributed by atoms with Crippen molar-refractivity contribution in [3.63, 3.8) is 0 Å². The van der Waals surface area contributed by atoms with Gasteiger partial charge in [-0.15, -0.1) is 11.3 Å². The SMILES string of the molecule is C=S1C(=O)NC(=O)C1c1cccc2c1ccn2CCc1scnc1C. The molecule has 3 aromatic rings. The molecular weight excluding hydrogens is 354 g/mol. The van der Waals surface area contributed by atoms with Gasteiger partial charge in [-0.1, -0.05) is 28.5 Å². The van der Waals surface area contributed by atoms with Crippen molar-refractivity contribution in [1.29, 1.82) is 0 Å². The van der Waals surface area contributed by atoms with Crippen molar-refractivity contribution in [2.24, 2.45) is 0 Å². The summed E-state index contributed by atoms with van der Waals surface area (Å²) in [6.07, 6.45) is 2.97. The molecule has 2 aromatic heterocycles. The molecule has 7 heteroatoms. The predicted octanol–water partition coefficient (Wildman–Crippen LogP) is 3.64. The van der Waals surface area contributed by atoms with E-state index in [2.05, 4.69) is 20.7 Å². The summed E-state index contributed by atoms with van der Waals surface area (Å²) in [6, 6.07) is 7.94. The molecule has 4 rings (SSSR count). The van der Waals surface area contributed by atoms with Crippen LogP contribution < -0.4 is 5.32 Å². The van der Waals surface area contributed by atoms with E-state index in [0.717, 1.165) is 35.1 Å². The first-order valence-electron chi connectivity index (χ1n) is 7.90. The third kappa shape index (κ3) is 2.73. The Kier molecular flexibility index (Phi) is 4.05. The number of carbonyl (C=O) groups excluding carboxylic acids is 2. The second-order valence-corrected chi connectivity index (χ2v) is 8.62. The van der Waals surface area contributed by atoms with Gasteiger partial charge in [-0.25, -0.2) is 4.98 Å². The summed E-state index contributed by atoms with van der Waals surface area (Å²) >= 11 is 1.68. The molecule has 25 heavy (non-hydrogen) atoms. The van der Waals surface area contributed by atoms with Gasteiger partial charge in [-0.3, -0.25) is 14.9 Å². The standard InChI is InChI=1S/C18H17N3O2S2/c1-11-15(24-10-19-11)7-9-21-8-6-12-13(4-3-5-14(12)21)16-17(22)20-18(23)25(16)2/h3-6,8,10,16H,2,7,9H2,1H3,(H,20,22,23). The van der Waals surface area contributed by atoms with Gasteiger partial charge in [0.1, 0.15) is 5.25 Å². The number of amides is 2. The average Bonchev–Trinajstić information content (AvgIpc) is 3.25. The molecule has 1 saturated heterocycles. The highest BCUT2D eigenvalue weighted by atomic mass is 32.2. The van der Waals surface area contributed by atoms with Crippen LogP contribution in [-0.2, 0) is 17.8 Å². The lowest BCUT2D eigenvalue weighted by Crippen LogP contribution is -2.20. The van der Waals surface area contributed by atoms with Crippen LogP contribution in [0.15, 0.2) is 36.0 Å². The van der Waals surface area contributed by atoms with Crippen molar-refractivity contribution in [2.75, 3.05) is 0 Å². The minimum atomic E-state index is -0.880. The van der Waals surface area contributed by atoms with Gasteiger partial charge >= 0.3 is 0 Å². The number of hydrogen-bond acceptors (Lipinski definition) is 4. The summed E-state index contributed by atoms with van der Waals surface area (Å²) in [6.45, 7) is 2.88. The molecule has 0 radical (unpaired) electrons. The zero-order valence-corrected chi connectivity index (χ0v) is 15.3. The smallest absolute Gasteiger partial charge is 0.280 e. The van der Waals surface area contributed by atoms with Crippen molar-refractivity contribution in [3.05, 3.63) is 52.1 Å². The molecule has 2 unspecified atom stereocenters. The summed E-state index contributed by atoms with van der Waals surface area (Å²) < 4.78 is 2.19. The van der Waals surface area contributed by atoms with Crippen LogP contribution in [0.2, 0.25) is 0 Å². The first-order chi connectivity index (χ1) is 12.1. The van der Waals surface area contributed by atoms with Gasteiger partial charge in [-0.05, 0) is 24.6 Å². The van der Waals surface area contributed by atoms with Crippen LogP contribution >= 0.6 is 21.8 Å². The van der Waals surface area contributed by atoms with Crippen LogP contribution in [0.1, 0.15) is 21.4 Å². The number of carbonyl (C=O) groups is 2. The maximum atomic E-state index is 12.2. The van der Waals surface area contributed by atoms with Crippen molar-refractivity contribution in [3.8, 4) is 0 Å². The quantitative estimate of drug-likeness (QED) is 0.712. The molecule has 1 aromatic carbocycles. The van der Waals surface area contributed by atoms with E-state index >= 15 is 0 Å². The van der Waals surface area contributed by atoms with Crippen molar-refractivity contribution in [1.82, 2.24) is 14.9 Å².